The number of methoxy groups -OCH3 is 3. The van der Waals surface area contributed by atoms with Crippen LogP contribution in [0.3, 0.4) is 0 Å². The number of allylic oxidation sites excluding steroid dienone is 1. The lowest BCUT2D eigenvalue weighted by Crippen LogP contribution is -2.56. The molecule has 0 bridgehead atoms. The third kappa shape index (κ3) is 7.50. The summed E-state index contributed by atoms with van der Waals surface area (Å²) < 4.78 is 16.1. The number of nitrogens with one attached hydrogen (secondary N) is 2. The normalized spacial score (nSPS) is 22.8. The molecule has 8 heteroatoms. The van der Waals surface area contributed by atoms with Gasteiger partial charge < -0.3 is 30.0 Å². The van der Waals surface area contributed by atoms with Crippen molar-refractivity contribution < 1.29 is 28.9 Å². The van der Waals surface area contributed by atoms with Crippen molar-refractivity contribution in [2.75, 3.05) is 27.9 Å². The number of ether oxygens (including phenoxy) is 3. The second-order valence-electron chi connectivity index (χ2n) is 8.12. The first kappa shape index (κ1) is 24.6. The third-order valence-electron chi connectivity index (χ3n) is 4.66. The van der Waals surface area contributed by atoms with E-state index >= 15 is 0 Å². The average molecular weight is 401 g/mol. The average Bonchev–Trinajstić information content (AvgIpc) is 2.82. The highest BCUT2D eigenvalue weighted by molar-refractivity contribution is 5.89. The molecule has 0 spiro atoms. The highest BCUT2D eigenvalue weighted by atomic mass is 16.5. The summed E-state index contributed by atoms with van der Waals surface area (Å²) in [6.45, 7) is 6.72. The van der Waals surface area contributed by atoms with Gasteiger partial charge >= 0.3 is 0 Å². The maximum Gasteiger partial charge on any atom is 0.252 e. The van der Waals surface area contributed by atoms with Gasteiger partial charge in [0.25, 0.3) is 5.91 Å². The molecule has 1 aliphatic rings. The van der Waals surface area contributed by atoms with Crippen molar-refractivity contribution in [1.29, 1.82) is 0 Å². The minimum Gasteiger partial charge on any atom is -0.387 e. The number of amides is 2. The van der Waals surface area contributed by atoms with E-state index in [4.69, 9.17) is 14.2 Å². The predicted molar refractivity (Wildman–Crippen MR) is 106 cm³/mol. The summed E-state index contributed by atoms with van der Waals surface area (Å²) in [5.41, 5.74) is -0.0785. The van der Waals surface area contributed by atoms with Crippen LogP contribution in [0.5, 0.6) is 0 Å². The van der Waals surface area contributed by atoms with Crippen molar-refractivity contribution in [1.82, 2.24) is 10.6 Å². The molecular formula is C20H36N2O6. The van der Waals surface area contributed by atoms with Gasteiger partial charge in [-0.2, -0.15) is 0 Å². The molecule has 0 aromatic rings. The van der Waals surface area contributed by atoms with Crippen LogP contribution in [0.4, 0.5) is 0 Å². The van der Waals surface area contributed by atoms with E-state index in [0.29, 0.717) is 13.0 Å². The Balaban J connectivity index is 2.89. The summed E-state index contributed by atoms with van der Waals surface area (Å²) in [5.74, 6) is -0.782. The molecule has 1 fully saturated rings. The summed E-state index contributed by atoms with van der Waals surface area (Å²) in [5, 5.41) is 16.2. The van der Waals surface area contributed by atoms with Gasteiger partial charge in [0.05, 0.1) is 0 Å². The predicted octanol–water partition coefficient (Wildman–Crippen LogP) is 0.780. The van der Waals surface area contributed by atoms with Gasteiger partial charge in [-0.3, -0.25) is 9.59 Å². The van der Waals surface area contributed by atoms with Crippen LogP contribution < -0.4 is 10.6 Å². The first-order valence-corrected chi connectivity index (χ1v) is 9.68. The van der Waals surface area contributed by atoms with E-state index in [-0.39, 0.29) is 11.3 Å². The molecule has 0 aromatic carbocycles. The van der Waals surface area contributed by atoms with Crippen LogP contribution in [0, 0.1) is 5.41 Å². The fourth-order valence-corrected chi connectivity index (χ4v) is 3.08. The Labute approximate surface area is 168 Å². The Bertz CT molecular complexity index is 531. The smallest absolute Gasteiger partial charge is 0.252 e. The molecule has 0 aromatic heterocycles. The zero-order valence-electron chi connectivity index (χ0n) is 17.9. The molecule has 3 N–H and O–H groups in total. The largest absolute Gasteiger partial charge is 0.387 e. The Morgan fingerprint density at radius 1 is 1.21 bits per heavy atom. The Kier molecular flexibility index (Phi) is 10.1. The number of hydrogen-bond acceptors (Lipinski definition) is 6. The summed E-state index contributed by atoms with van der Waals surface area (Å²) in [4.78, 5) is 24.8. The van der Waals surface area contributed by atoms with Crippen molar-refractivity contribution in [3.05, 3.63) is 12.2 Å². The topological polar surface area (TPSA) is 106 Å². The summed E-state index contributed by atoms with van der Waals surface area (Å²) in [6.07, 6.45) is 2.10. The molecule has 0 unspecified atom stereocenters. The van der Waals surface area contributed by atoms with E-state index in [1.54, 1.807) is 6.08 Å². The fourth-order valence-electron chi connectivity index (χ4n) is 3.08. The summed E-state index contributed by atoms with van der Waals surface area (Å²) >= 11 is 0. The molecule has 8 nitrogen and oxygen atoms in total. The van der Waals surface area contributed by atoms with E-state index in [2.05, 4.69) is 10.6 Å². The van der Waals surface area contributed by atoms with Crippen molar-refractivity contribution in [2.24, 2.45) is 5.41 Å². The standard InChI is InChI=1S/C20H36N2O6/c1-20(2,3)11-10-14(26-4)16(27-5)15(23)17(28-6)19(25)22-13-9-7-8-12-21-18(13)24/h10-11,13-17,23H,7-9,12H2,1-6H3,(H,21,24)(H,22,25)/b11-10+/t13-,14+,15+,16-,17+/m0/s1. The molecule has 2 amide bonds. The lowest BCUT2D eigenvalue weighted by atomic mass is 9.93. The van der Waals surface area contributed by atoms with E-state index in [1.807, 2.05) is 26.8 Å². The maximum atomic E-state index is 12.7. The van der Waals surface area contributed by atoms with Crippen molar-refractivity contribution in [3.63, 3.8) is 0 Å². The number of carbonyl (C=O) groups excluding carboxylic acids is 2. The SMILES string of the molecule is CO[C@H]([C@@H](O)[C@@H](OC)C(=O)N[C@H]1CCCCNC1=O)[C@@H](/C=C/C(C)(C)C)OC. The second-order valence-corrected chi connectivity index (χ2v) is 8.12. The Morgan fingerprint density at radius 2 is 1.89 bits per heavy atom. The van der Waals surface area contributed by atoms with Gasteiger partial charge in [0.2, 0.25) is 5.91 Å². The zero-order chi connectivity index (χ0) is 21.3. The minimum absolute atomic E-state index is 0.0785. The van der Waals surface area contributed by atoms with Crippen LogP contribution in [-0.4, -0.2) is 75.3 Å². The number of hydrogen-bond donors (Lipinski definition) is 3. The van der Waals surface area contributed by atoms with E-state index in [0.717, 1.165) is 12.8 Å². The molecule has 1 heterocycles. The molecule has 28 heavy (non-hydrogen) atoms. The fraction of sp³-hybridized carbons (Fsp3) is 0.800. The van der Waals surface area contributed by atoms with Gasteiger partial charge in [-0.05, 0) is 24.7 Å². The van der Waals surface area contributed by atoms with Gasteiger partial charge in [0.1, 0.15) is 24.4 Å². The quantitative estimate of drug-likeness (QED) is 0.494. The van der Waals surface area contributed by atoms with E-state index in [9.17, 15) is 14.7 Å². The van der Waals surface area contributed by atoms with Gasteiger partial charge in [0, 0.05) is 27.9 Å². The highest BCUT2D eigenvalue weighted by Gasteiger charge is 2.38. The molecule has 1 rings (SSSR count). The van der Waals surface area contributed by atoms with Crippen LogP contribution >= 0.6 is 0 Å². The summed E-state index contributed by atoms with van der Waals surface area (Å²) in [6, 6.07) is -0.639. The lowest BCUT2D eigenvalue weighted by Gasteiger charge is -2.32. The third-order valence-corrected chi connectivity index (χ3v) is 4.66. The van der Waals surface area contributed by atoms with Crippen molar-refractivity contribution in [2.45, 2.75) is 70.5 Å². The zero-order valence-corrected chi connectivity index (χ0v) is 17.9. The number of aliphatic hydroxyl groups is 1. The molecule has 1 aliphatic heterocycles. The molecule has 1 saturated heterocycles. The molecular weight excluding hydrogens is 364 g/mol. The van der Waals surface area contributed by atoms with Crippen LogP contribution in [0.25, 0.3) is 0 Å². The number of aliphatic hydroxyl groups excluding tert-OH is 1. The van der Waals surface area contributed by atoms with Gasteiger partial charge in [-0.25, -0.2) is 0 Å². The molecule has 5 atom stereocenters. The van der Waals surface area contributed by atoms with Crippen molar-refractivity contribution in [3.8, 4) is 0 Å². The molecule has 162 valence electrons. The summed E-state index contributed by atoms with van der Waals surface area (Å²) in [7, 11) is 4.28. The van der Waals surface area contributed by atoms with Crippen molar-refractivity contribution >= 4 is 11.8 Å². The Hall–Kier alpha value is -1.48. The van der Waals surface area contributed by atoms with Gasteiger partial charge in [-0.1, -0.05) is 32.9 Å². The molecule has 0 saturated carbocycles. The first-order chi connectivity index (χ1) is 13.1. The van der Waals surface area contributed by atoms with Gasteiger partial charge in [0.15, 0.2) is 6.10 Å². The number of carbonyl (C=O) groups is 2. The highest BCUT2D eigenvalue weighted by Crippen LogP contribution is 2.19. The molecule has 0 aliphatic carbocycles. The minimum atomic E-state index is -1.29. The lowest BCUT2D eigenvalue weighted by molar-refractivity contribution is -0.155. The Morgan fingerprint density at radius 3 is 2.43 bits per heavy atom. The van der Waals surface area contributed by atoms with E-state index in [1.165, 1.54) is 21.3 Å². The maximum absolute atomic E-state index is 12.7. The monoisotopic (exact) mass is 400 g/mol. The van der Waals surface area contributed by atoms with Crippen LogP contribution in [0.15, 0.2) is 12.2 Å². The van der Waals surface area contributed by atoms with E-state index < -0.39 is 36.4 Å². The second kappa shape index (κ2) is 11.5. The van der Waals surface area contributed by atoms with Crippen LogP contribution in [-0.2, 0) is 23.8 Å². The van der Waals surface area contributed by atoms with Crippen LogP contribution in [0.1, 0.15) is 40.0 Å². The first-order valence-electron chi connectivity index (χ1n) is 9.68. The number of rotatable bonds is 9. The van der Waals surface area contributed by atoms with Gasteiger partial charge in [-0.15, -0.1) is 0 Å². The van der Waals surface area contributed by atoms with Crippen LogP contribution in [0.2, 0.25) is 0 Å². The molecule has 0 radical (unpaired) electrons.